The first-order valence-electron chi connectivity index (χ1n) is 6.77. The summed E-state index contributed by atoms with van der Waals surface area (Å²) in [6, 6.07) is 11.3. The summed E-state index contributed by atoms with van der Waals surface area (Å²) in [5.74, 6) is 1.06. The SMILES string of the molecule is Cc1ccc(OCCCCNC(=O)c2ccco2)cc1. The molecule has 1 aromatic carbocycles. The van der Waals surface area contributed by atoms with E-state index in [9.17, 15) is 4.79 Å². The van der Waals surface area contributed by atoms with Crippen LogP contribution < -0.4 is 10.1 Å². The maximum absolute atomic E-state index is 11.6. The molecule has 0 aliphatic rings. The third-order valence-corrected chi connectivity index (χ3v) is 2.89. The molecule has 4 heteroatoms. The number of unbranched alkanes of at least 4 members (excludes halogenated alkanes) is 1. The van der Waals surface area contributed by atoms with Crippen LogP contribution in [0.4, 0.5) is 0 Å². The van der Waals surface area contributed by atoms with E-state index in [1.165, 1.54) is 11.8 Å². The molecule has 2 aromatic rings. The van der Waals surface area contributed by atoms with Gasteiger partial charge in [0.2, 0.25) is 0 Å². The number of ether oxygens (including phenoxy) is 1. The molecule has 2 rings (SSSR count). The van der Waals surface area contributed by atoms with Gasteiger partial charge in [0.25, 0.3) is 5.91 Å². The van der Waals surface area contributed by atoms with Crippen LogP contribution in [0.1, 0.15) is 29.0 Å². The summed E-state index contributed by atoms with van der Waals surface area (Å²) in [4.78, 5) is 11.6. The number of carbonyl (C=O) groups excluding carboxylic acids is 1. The summed E-state index contributed by atoms with van der Waals surface area (Å²) in [5.41, 5.74) is 1.22. The smallest absolute Gasteiger partial charge is 0.286 e. The molecule has 106 valence electrons. The molecule has 0 aliphatic carbocycles. The van der Waals surface area contributed by atoms with Crippen molar-refractivity contribution < 1.29 is 13.9 Å². The van der Waals surface area contributed by atoms with Gasteiger partial charge >= 0.3 is 0 Å². The monoisotopic (exact) mass is 273 g/mol. The van der Waals surface area contributed by atoms with Crippen molar-refractivity contribution >= 4 is 5.91 Å². The van der Waals surface area contributed by atoms with Crippen molar-refractivity contribution in [3.8, 4) is 5.75 Å². The van der Waals surface area contributed by atoms with E-state index in [1.54, 1.807) is 12.1 Å². The molecule has 0 saturated heterocycles. The van der Waals surface area contributed by atoms with Gasteiger partial charge in [-0.2, -0.15) is 0 Å². The Balaban J connectivity index is 1.56. The van der Waals surface area contributed by atoms with Crippen LogP contribution in [0.25, 0.3) is 0 Å². The van der Waals surface area contributed by atoms with Crippen LogP contribution in [0, 0.1) is 6.92 Å². The molecule has 0 radical (unpaired) electrons. The minimum atomic E-state index is -0.172. The van der Waals surface area contributed by atoms with Gasteiger partial charge in [0.1, 0.15) is 5.75 Å². The highest BCUT2D eigenvalue weighted by atomic mass is 16.5. The van der Waals surface area contributed by atoms with E-state index in [1.807, 2.05) is 31.2 Å². The van der Waals surface area contributed by atoms with E-state index in [2.05, 4.69) is 5.32 Å². The maximum Gasteiger partial charge on any atom is 0.286 e. The number of furan rings is 1. The summed E-state index contributed by atoms with van der Waals surface area (Å²) < 4.78 is 10.6. The third-order valence-electron chi connectivity index (χ3n) is 2.89. The molecular weight excluding hydrogens is 254 g/mol. The Hall–Kier alpha value is -2.23. The molecule has 0 unspecified atom stereocenters. The van der Waals surface area contributed by atoms with Crippen LogP contribution >= 0.6 is 0 Å². The highest BCUT2D eigenvalue weighted by molar-refractivity contribution is 5.91. The minimum absolute atomic E-state index is 0.172. The van der Waals surface area contributed by atoms with Gasteiger partial charge in [0, 0.05) is 6.54 Å². The van der Waals surface area contributed by atoms with Gasteiger partial charge in [-0.3, -0.25) is 4.79 Å². The summed E-state index contributed by atoms with van der Waals surface area (Å²) in [5, 5.41) is 2.80. The Morgan fingerprint density at radius 3 is 2.70 bits per heavy atom. The van der Waals surface area contributed by atoms with Crippen LogP contribution in [-0.4, -0.2) is 19.1 Å². The second-order valence-electron chi connectivity index (χ2n) is 4.60. The Morgan fingerprint density at radius 2 is 2.00 bits per heavy atom. The van der Waals surface area contributed by atoms with Crippen LogP contribution in [0.3, 0.4) is 0 Å². The minimum Gasteiger partial charge on any atom is -0.494 e. The number of hydrogen-bond donors (Lipinski definition) is 1. The fraction of sp³-hybridized carbons (Fsp3) is 0.312. The molecule has 1 heterocycles. The maximum atomic E-state index is 11.6. The summed E-state index contributed by atoms with van der Waals surface area (Å²) in [6.07, 6.45) is 3.26. The predicted molar refractivity (Wildman–Crippen MR) is 76.9 cm³/mol. The Labute approximate surface area is 118 Å². The molecule has 0 atom stereocenters. The predicted octanol–water partition coefficient (Wildman–Crippen LogP) is 3.18. The number of carbonyl (C=O) groups is 1. The topological polar surface area (TPSA) is 51.5 Å². The lowest BCUT2D eigenvalue weighted by Gasteiger charge is -2.06. The number of benzene rings is 1. The van der Waals surface area contributed by atoms with E-state index in [0.29, 0.717) is 18.9 Å². The van der Waals surface area contributed by atoms with Gasteiger partial charge in [-0.05, 0) is 44.0 Å². The molecule has 0 aliphatic heterocycles. The number of aryl methyl sites for hydroxylation is 1. The Bertz CT molecular complexity index is 517. The molecule has 0 fully saturated rings. The van der Waals surface area contributed by atoms with Crippen molar-refractivity contribution in [3.63, 3.8) is 0 Å². The molecule has 0 spiro atoms. The zero-order valence-electron chi connectivity index (χ0n) is 11.6. The zero-order chi connectivity index (χ0) is 14.2. The fourth-order valence-corrected chi connectivity index (χ4v) is 1.75. The van der Waals surface area contributed by atoms with Gasteiger partial charge in [-0.15, -0.1) is 0 Å². The standard InChI is InChI=1S/C16H19NO3/c1-13-6-8-14(9-7-13)19-11-3-2-10-17-16(18)15-5-4-12-20-15/h4-9,12H,2-3,10-11H2,1H3,(H,17,18). The van der Waals surface area contributed by atoms with Crippen molar-refractivity contribution in [2.75, 3.05) is 13.2 Å². The largest absolute Gasteiger partial charge is 0.494 e. The van der Waals surface area contributed by atoms with Crippen molar-refractivity contribution in [1.82, 2.24) is 5.32 Å². The van der Waals surface area contributed by atoms with E-state index in [0.717, 1.165) is 18.6 Å². The second-order valence-corrected chi connectivity index (χ2v) is 4.60. The van der Waals surface area contributed by atoms with E-state index < -0.39 is 0 Å². The van der Waals surface area contributed by atoms with Crippen LogP contribution in [0.5, 0.6) is 5.75 Å². The normalized spacial score (nSPS) is 10.2. The van der Waals surface area contributed by atoms with Crippen LogP contribution in [0.15, 0.2) is 47.1 Å². The zero-order valence-corrected chi connectivity index (χ0v) is 11.6. The molecule has 1 N–H and O–H groups in total. The lowest BCUT2D eigenvalue weighted by Crippen LogP contribution is -2.24. The molecular formula is C16H19NO3. The Kier molecular flexibility index (Phi) is 5.24. The van der Waals surface area contributed by atoms with Gasteiger partial charge in [0.05, 0.1) is 12.9 Å². The van der Waals surface area contributed by atoms with Gasteiger partial charge in [-0.1, -0.05) is 17.7 Å². The molecule has 0 bridgehead atoms. The second kappa shape index (κ2) is 7.38. The van der Waals surface area contributed by atoms with Crippen molar-refractivity contribution in [3.05, 3.63) is 54.0 Å². The molecule has 20 heavy (non-hydrogen) atoms. The fourth-order valence-electron chi connectivity index (χ4n) is 1.75. The third kappa shape index (κ3) is 4.46. The first-order valence-corrected chi connectivity index (χ1v) is 6.77. The highest BCUT2D eigenvalue weighted by Gasteiger charge is 2.06. The van der Waals surface area contributed by atoms with Crippen molar-refractivity contribution in [1.29, 1.82) is 0 Å². The first kappa shape index (κ1) is 14.2. The molecule has 1 amide bonds. The summed E-state index contributed by atoms with van der Waals surface area (Å²) in [6.45, 7) is 3.32. The van der Waals surface area contributed by atoms with Crippen molar-refractivity contribution in [2.45, 2.75) is 19.8 Å². The van der Waals surface area contributed by atoms with Gasteiger partial charge in [-0.25, -0.2) is 0 Å². The number of amides is 1. The van der Waals surface area contributed by atoms with Crippen LogP contribution in [0.2, 0.25) is 0 Å². The van der Waals surface area contributed by atoms with E-state index in [4.69, 9.17) is 9.15 Å². The number of rotatable bonds is 7. The molecule has 4 nitrogen and oxygen atoms in total. The van der Waals surface area contributed by atoms with E-state index >= 15 is 0 Å². The van der Waals surface area contributed by atoms with Crippen molar-refractivity contribution in [2.24, 2.45) is 0 Å². The average Bonchev–Trinajstić information content (AvgIpc) is 2.98. The quantitative estimate of drug-likeness (QED) is 0.788. The van der Waals surface area contributed by atoms with Gasteiger partial charge in [0.15, 0.2) is 5.76 Å². The lowest BCUT2D eigenvalue weighted by molar-refractivity contribution is 0.0924. The number of nitrogens with one attached hydrogen (secondary N) is 1. The Morgan fingerprint density at radius 1 is 1.20 bits per heavy atom. The molecule has 1 aromatic heterocycles. The summed E-state index contributed by atoms with van der Waals surface area (Å²) in [7, 11) is 0. The average molecular weight is 273 g/mol. The van der Waals surface area contributed by atoms with Crippen LogP contribution in [-0.2, 0) is 0 Å². The summed E-state index contributed by atoms with van der Waals surface area (Å²) >= 11 is 0. The molecule has 0 saturated carbocycles. The first-order chi connectivity index (χ1) is 9.75. The number of hydrogen-bond acceptors (Lipinski definition) is 3. The van der Waals surface area contributed by atoms with E-state index in [-0.39, 0.29) is 5.91 Å². The van der Waals surface area contributed by atoms with Gasteiger partial charge < -0.3 is 14.5 Å². The lowest BCUT2D eigenvalue weighted by atomic mass is 10.2. The highest BCUT2D eigenvalue weighted by Crippen LogP contribution is 2.11.